The van der Waals surface area contributed by atoms with Gasteiger partial charge in [0.15, 0.2) is 0 Å². The summed E-state index contributed by atoms with van der Waals surface area (Å²) in [7, 11) is 0. The maximum atomic E-state index is 13.9. The standard InChI is InChI=1S/C21H19FN2O2/c22-17-4-2-1-3-16(17)13-5-7-14(8-6-13)20-18(11-23)24(19(20)12-25)21(26)15-9-10-15/h1-8,15,18-20,25H,9-10,12H2/t18-,19-,20+/m0/s1. The minimum atomic E-state index is -0.556. The smallest absolute Gasteiger partial charge is 0.227 e. The zero-order chi connectivity index (χ0) is 18.3. The Morgan fingerprint density at radius 1 is 1.19 bits per heavy atom. The molecule has 5 heteroatoms. The first-order valence-corrected chi connectivity index (χ1v) is 8.83. The number of benzene rings is 2. The highest BCUT2D eigenvalue weighted by Crippen LogP contribution is 2.44. The van der Waals surface area contributed by atoms with Gasteiger partial charge in [0.25, 0.3) is 0 Å². The predicted molar refractivity (Wildman–Crippen MR) is 94.4 cm³/mol. The first kappa shape index (κ1) is 16.7. The Kier molecular flexibility index (Phi) is 4.21. The highest BCUT2D eigenvalue weighted by Gasteiger charge is 2.53. The number of nitriles is 1. The third-order valence-electron chi connectivity index (χ3n) is 5.39. The highest BCUT2D eigenvalue weighted by molar-refractivity contribution is 5.83. The Hall–Kier alpha value is -2.71. The summed E-state index contributed by atoms with van der Waals surface area (Å²) in [5, 5.41) is 19.3. The van der Waals surface area contributed by atoms with Crippen molar-refractivity contribution >= 4 is 5.91 Å². The lowest BCUT2D eigenvalue weighted by Gasteiger charge is -2.51. The monoisotopic (exact) mass is 350 g/mol. The van der Waals surface area contributed by atoms with E-state index in [0.29, 0.717) is 5.56 Å². The highest BCUT2D eigenvalue weighted by atomic mass is 19.1. The zero-order valence-corrected chi connectivity index (χ0v) is 14.2. The Morgan fingerprint density at radius 2 is 1.88 bits per heavy atom. The van der Waals surface area contributed by atoms with Crippen LogP contribution in [0.4, 0.5) is 4.39 Å². The number of aliphatic hydroxyl groups is 1. The van der Waals surface area contributed by atoms with Crippen molar-refractivity contribution in [2.24, 2.45) is 5.92 Å². The molecule has 26 heavy (non-hydrogen) atoms. The molecule has 2 aromatic carbocycles. The molecule has 1 heterocycles. The molecule has 2 aliphatic rings. The Bertz CT molecular complexity index is 870. The van der Waals surface area contributed by atoms with Crippen molar-refractivity contribution in [1.29, 1.82) is 5.26 Å². The van der Waals surface area contributed by atoms with Gasteiger partial charge in [0.1, 0.15) is 11.9 Å². The van der Waals surface area contributed by atoms with Gasteiger partial charge in [0, 0.05) is 17.4 Å². The molecule has 1 amide bonds. The molecule has 1 saturated heterocycles. The molecule has 1 N–H and O–H groups in total. The molecule has 1 aliphatic heterocycles. The van der Waals surface area contributed by atoms with Crippen LogP contribution < -0.4 is 0 Å². The second-order valence-corrected chi connectivity index (χ2v) is 6.97. The Labute approximate surface area is 151 Å². The molecule has 0 bridgehead atoms. The normalized spacial score (nSPS) is 24.7. The molecule has 0 aromatic heterocycles. The van der Waals surface area contributed by atoms with Crippen LogP contribution in [-0.2, 0) is 4.79 Å². The second kappa shape index (κ2) is 6.54. The molecular formula is C21H19FN2O2. The lowest BCUT2D eigenvalue weighted by atomic mass is 9.75. The molecule has 0 radical (unpaired) electrons. The lowest BCUT2D eigenvalue weighted by molar-refractivity contribution is -0.148. The summed E-state index contributed by atoms with van der Waals surface area (Å²) >= 11 is 0. The van der Waals surface area contributed by atoms with E-state index in [9.17, 15) is 19.6 Å². The SMILES string of the molecule is N#C[C@H]1[C@@H](c2ccc(-c3ccccc3F)cc2)[C@H](CO)N1C(=O)C1CC1. The van der Waals surface area contributed by atoms with Crippen molar-refractivity contribution in [2.45, 2.75) is 30.8 Å². The van der Waals surface area contributed by atoms with Crippen molar-refractivity contribution in [1.82, 2.24) is 4.90 Å². The van der Waals surface area contributed by atoms with Crippen LogP contribution in [0.5, 0.6) is 0 Å². The topological polar surface area (TPSA) is 64.3 Å². The van der Waals surface area contributed by atoms with Crippen molar-refractivity contribution < 1.29 is 14.3 Å². The minimum absolute atomic E-state index is 0.0179. The van der Waals surface area contributed by atoms with Crippen LogP contribution in [0.2, 0.25) is 0 Å². The molecule has 1 saturated carbocycles. The van der Waals surface area contributed by atoms with Gasteiger partial charge in [-0.25, -0.2) is 4.39 Å². The van der Waals surface area contributed by atoms with E-state index in [1.165, 1.54) is 6.07 Å². The van der Waals surface area contributed by atoms with Gasteiger partial charge >= 0.3 is 0 Å². The molecule has 3 atom stereocenters. The maximum absolute atomic E-state index is 13.9. The molecule has 4 nitrogen and oxygen atoms in total. The van der Waals surface area contributed by atoms with Crippen LogP contribution >= 0.6 is 0 Å². The van der Waals surface area contributed by atoms with Gasteiger partial charge in [-0.05, 0) is 30.0 Å². The fraction of sp³-hybridized carbons (Fsp3) is 0.333. The quantitative estimate of drug-likeness (QED) is 0.922. The lowest BCUT2D eigenvalue weighted by Crippen LogP contribution is -2.65. The Balaban J connectivity index is 1.60. The first-order valence-electron chi connectivity index (χ1n) is 8.83. The summed E-state index contributed by atoms with van der Waals surface area (Å²) in [6, 6.07) is 15.2. The fourth-order valence-corrected chi connectivity index (χ4v) is 3.83. The van der Waals surface area contributed by atoms with Crippen molar-refractivity contribution in [3.63, 3.8) is 0 Å². The number of hydrogen-bond acceptors (Lipinski definition) is 3. The van der Waals surface area contributed by atoms with E-state index >= 15 is 0 Å². The Morgan fingerprint density at radius 3 is 2.46 bits per heavy atom. The summed E-state index contributed by atoms with van der Waals surface area (Å²) in [6.07, 6.45) is 1.74. The zero-order valence-electron chi connectivity index (χ0n) is 14.2. The summed E-state index contributed by atoms with van der Waals surface area (Å²) in [5.41, 5.74) is 2.16. The average molecular weight is 350 g/mol. The number of likely N-dealkylation sites (tertiary alicyclic amines) is 1. The molecule has 4 rings (SSSR count). The number of carbonyl (C=O) groups is 1. The number of nitrogens with zero attached hydrogens (tertiary/aromatic N) is 2. The minimum Gasteiger partial charge on any atom is -0.394 e. The van der Waals surface area contributed by atoms with Crippen molar-refractivity contribution in [3.05, 3.63) is 59.9 Å². The molecule has 0 unspecified atom stereocenters. The predicted octanol–water partition coefficient (Wildman–Crippen LogP) is 3.08. The third kappa shape index (κ3) is 2.67. The summed E-state index contributed by atoms with van der Waals surface area (Å²) < 4.78 is 13.9. The maximum Gasteiger partial charge on any atom is 0.227 e. The second-order valence-electron chi connectivity index (χ2n) is 6.97. The number of aliphatic hydroxyl groups excluding tert-OH is 1. The fourth-order valence-electron chi connectivity index (χ4n) is 3.83. The largest absolute Gasteiger partial charge is 0.394 e. The van der Waals surface area contributed by atoms with Gasteiger partial charge < -0.3 is 10.0 Å². The molecule has 2 aromatic rings. The number of amides is 1. The number of carbonyl (C=O) groups excluding carboxylic acids is 1. The van der Waals surface area contributed by atoms with Crippen molar-refractivity contribution in [3.8, 4) is 17.2 Å². The van der Waals surface area contributed by atoms with E-state index < -0.39 is 6.04 Å². The third-order valence-corrected chi connectivity index (χ3v) is 5.39. The van der Waals surface area contributed by atoms with Gasteiger partial charge in [-0.2, -0.15) is 5.26 Å². The summed E-state index contributed by atoms with van der Waals surface area (Å²) in [5.74, 6) is -0.505. The van der Waals surface area contributed by atoms with Crippen LogP contribution in [0.25, 0.3) is 11.1 Å². The molecule has 132 valence electrons. The average Bonchev–Trinajstić information content (AvgIpc) is 3.48. The van der Waals surface area contributed by atoms with E-state index in [0.717, 1.165) is 24.0 Å². The number of hydrogen-bond donors (Lipinski definition) is 1. The van der Waals surface area contributed by atoms with E-state index in [1.54, 1.807) is 23.1 Å². The van der Waals surface area contributed by atoms with Crippen LogP contribution in [0.3, 0.4) is 0 Å². The van der Waals surface area contributed by atoms with Crippen LogP contribution in [0.1, 0.15) is 24.3 Å². The first-order chi connectivity index (χ1) is 12.7. The van der Waals surface area contributed by atoms with E-state index in [4.69, 9.17) is 0 Å². The van der Waals surface area contributed by atoms with Crippen LogP contribution in [0, 0.1) is 23.1 Å². The van der Waals surface area contributed by atoms with Gasteiger partial charge in [-0.1, -0.05) is 42.5 Å². The van der Waals surface area contributed by atoms with Gasteiger partial charge in [-0.3, -0.25) is 4.79 Å². The van der Waals surface area contributed by atoms with E-state index in [-0.39, 0.29) is 36.2 Å². The van der Waals surface area contributed by atoms with Gasteiger partial charge in [0.2, 0.25) is 5.91 Å². The van der Waals surface area contributed by atoms with Crippen LogP contribution in [-0.4, -0.2) is 34.6 Å². The molecular weight excluding hydrogens is 331 g/mol. The molecule has 0 spiro atoms. The molecule has 1 aliphatic carbocycles. The summed E-state index contributed by atoms with van der Waals surface area (Å²) in [4.78, 5) is 14.0. The molecule has 2 fully saturated rings. The number of rotatable bonds is 4. The van der Waals surface area contributed by atoms with Crippen molar-refractivity contribution in [2.75, 3.05) is 6.61 Å². The van der Waals surface area contributed by atoms with Gasteiger partial charge in [-0.15, -0.1) is 0 Å². The van der Waals surface area contributed by atoms with Crippen LogP contribution in [0.15, 0.2) is 48.5 Å². The number of halogens is 1. The summed E-state index contributed by atoms with van der Waals surface area (Å²) in [6.45, 7) is -0.170. The van der Waals surface area contributed by atoms with Gasteiger partial charge in [0.05, 0.1) is 18.7 Å². The van der Waals surface area contributed by atoms with E-state index in [2.05, 4.69) is 6.07 Å². The van der Waals surface area contributed by atoms with E-state index in [1.807, 2.05) is 24.3 Å².